The normalized spacial score (nSPS) is 12.0. The number of carbonyl (C=O) groups excluding carboxylic acids is 2. The molecule has 0 aromatic heterocycles. The topological polar surface area (TPSA) is 61.8 Å². The fourth-order valence-corrected chi connectivity index (χ4v) is 3.53. The number of hydrogen-bond acceptors (Lipinski definition) is 3. The van der Waals surface area contributed by atoms with Gasteiger partial charge in [-0.25, -0.2) is 0 Å². The average molecular weight is 472 g/mol. The molecule has 2 aromatic rings. The summed E-state index contributed by atoms with van der Waals surface area (Å²) in [5.74, 6) is -0.283. The first-order chi connectivity index (χ1) is 16.9. The van der Waals surface area contributed by atoms with E-state index in [0.29, 0.717) is 29.8 Å². The Bertz CT molecular complexity index is 1070. The molecule has 0 heterocycles. The van der Waals surface area contributed by atoms with Crippen LogP contribution in [0.5, 0.6) is 0 Å². The summed E-state index contributed by atoms with van der Waals surface area (Å²) in [6, 6.07) is 14.8. The van der Waals surface area contributed by atoms with Gasteiger partial charge in [0.15, 0.2) is 0 Å². The van der Waals surface area contributed by atoms with Gasteiger partial charge in [0.2, 0.25) is 0 Å². The van der Waals surface area contributed by atoms with E-state index in [4.69, 9.17) is 0 Å². The number of unbranched alkanes of at least 4 members (excludes halogenated alkanes) is 1. The molecule has 0 saturated heterocycles. The Kier molecular flexibility index (Phi) is 11.4. The van der Waals surface area contributed by atoms with Gasteiger partial charge in [0, 0.05) is 25.4 Å². The van der Waals surface area contributed by atoms with Gasteiger partial charge >= 0.3 is 0 Å². The summed E-state index contributed by atoms with van der Waals surface area (Å²) in [4.78, 5) is 32.1. The first kappa shape index (κ1) is 27.5. The van der Waals surface area contributed by atoms with Gasteiger partial charge in [-0.15, -0.1) is 0 Å². The molecule has 0 fully saturated rings. The number of amides is 2. The summed E-state index contributed by atoms with van der Waals surface area (Å²) in [7, 11) is 1.79. The van der Waals surface area contributed by atoms with Gasteiger partial charge in [-0.1, -0.05) is 75.9 Å². The van der Waals surface area contributed by atoms with E-state index in [0.717, 1.165) is 24.8 Å². The lowest BCUT2D eigenvalue weighted by Gasteiger charge is -2.24. The van der Waals surface area contributed by atoms with Crippen molar-refractivity contribution >= 4 is 23.7 Å². The van der Waals surface area contributed by atoms with E-state index in [1.54, 1.807) is 54.6 Å². The van der Waals surface area contributed by atoms with Crippen molar-refractivity contribution in [3.63, 3.8) is 0 Å². The Morgan fingerprint density at radius 1 is 1.11 bits per heavy atom. The number of benzene rings is 2. The lowest BCUT2D eigenvalue weighted by atomic mass is 10.1. The third-order valence-corrected chi connectivity index (χ3v) is 5.73. The minimum atomic E-state index is -0.230. The molecule has 184 valence electrons. The molecule has 1 unspecified atom stereocenters. The van der Waals surface area contributed by atoms with Gasteiger partial charge in [-0.2, -0.15) is 0 Å². The molecule has 2 rings (SSSR count). The van der Waals surface area contributed by atoms with Crippen molar-refractivity contribution in [2.24, 2.45) is 4.99 Å². The highest BCUT2D eigenvalue weighted by molar-refractivity contribution is 6.00. The van der Waals surface area contributed by atoms with Crippen LogP contribution < -0.4 is 5.32 Å². The molecule has 2 aromatic carbocycles. The van der Waals surface area contributed by atoms with Crippen LogP contribution in [0, 0.1) is 0 Å². The van der Waals surface area contributed by atoms with E-state index < -0.39 is 0 Å². The van der Waals surface area contributed by atoms with Gasteiger partial charge in [-0.05, 0) is 54.7 Å². The number of nitrogens with zero attached hydrogens (tertiary/aromatic N) is 2. The second-order valence-corrected chi connectivity index (χ2v) is 8.42. The minimum absolute atomic E-state index is 0.0533. The molecule has 35 heavy (non-hydrogen) atoms. The molecular formula is C30H37N3O2. The van der Waals surface area contributed by atoms with Crippen LogP contribution in [-0.2, 0) is 6.42 Å². The first-order valence-electron chi connectivity index (χ1n) is 12.2. The standard InChI is InChI=1S/C30H37N3O2/c1-6-9-13-23(4)21-32-29(34)27-15-11-12-16-28(27)31-22-26(8-3)33(5)30(35)25-19-17-24(18-20-25)14-10-7-2/h6,9,11-13,15-20,22,26H,1,4,7-8,10,14,21H2,2-3,5H3,(H,32,34)/b13-9-,31-22?. The molecular weight excluding hydrogens is 434 g/mol. The maximum Gasteiger partial charge on any atom is 0.254 e. The van der Waals surface area contributed by atoms with Crippen molar-refractivity contribution in [1.82, 2.24) is 10.2 Å². The molecule has 0 spiro atoms. The highest BCUT2D eigenvalue weighted by Crippen LogP contribution is 2.19. The molecule has 1 atom stereocenters. The summed E-state index contributed by atoms with van der Waals surface area (Å²) in [6.07, 6.45) is 11.0. The summed E-state index contributed by atoms with van der Waals surface area (Å²) in [5.41, 5.74) is 3.69. The van der Waals surface area contributed by atoms with E-state index in [2.05, 4.69) is 30.4 Å². The van der Waals surface area contributed by atoms with Gasteiger partial charge in [0.1, 0.15) is 0 Å². The molecule has 5 nitrogen and oxygen atoms in total. The van der Waals surface area contributed by atoms with Gasteiger partial charge in [0.25, 0.3) is 11.8 Å². The third-order valence-electron chi connectivity index (χ3n) is 5.73. The summed E-state index contributed by atoms with van der Waals surface area (Å²) in [5, 5.41) is 2.87. The summed E-state index contributed by atoms with van der Waals surface area (Å²) < 4.78 is 0. The molecule has 0 aliphatic carbocycles. The molecule has 0 aliphatic rings. The number of allylic oxidation sites excluding steroid dienone is 2. The second kappa shape index (κ2) is 14.5. The van der Waals surface area contributed by atoms with Crippen LogP contribution in [0.15, 0.2) is 90.5 Å². The van der Waals surface area contributed by atoms with Crippen molar-refractivity contribution < 1.29 is 9.59 Å². The average Bonchev–Trinajstić information content (AvgIpc) is 2.89. The van der Waals surface area contributed by atoms with Crippen molar-refractivity contribution in [3.05, 3.63) is 102 Å². The van der Waals surface area contributed by atoms with Crippen LogP contribution in [0.4, 0.5) is 5.69 Å². The molecule has 0 aliphatic heterocycles. The number of nitrogens with one attached hydrogen (secondary N) is 1. The fourth-order valence-electron chi connectivity index (χ4n) is 3.53. The zero-order valence-electron chi connectivity index (χ0n) is 21.2. The smallest absolute Gasteiger partial charge is 0.254 e. The quantitative estimate of drug-likeness (QED) is 0.275. The Labute approximate surface area is 210 Å². The maximum absolute atomic E-state index is 13.1. The number of para-hydroxylation sites is 1. The maximum atomic E-state index is 13.1. The molecule has 5 heteroatoms. The number of aryl methyl sites for hydroxylation is 1. The van der Waals surface area contributed by atoms with E-state index in [9.17, 15) is 9.59 Å². The zero-order chi connectivity index (χ0) is 25.6. The summed E-state index contributed by atoms with van der Waals surface area (Å²) >= 11 is 0. The first-order valence-corrected chi connectivity index (χ1v) is 12.2. The Balaban J connectivity index is 2.10. The molecule has 2 amide bonds. The summed E-state index contributed by atoms with van der Waals surface area (Å²) in [6.45, 7) is 12.0. The lowest BCUT2D eigenvalue weighted by molar-refractivity contribution is 0.0770. The van der Waals surface area contributed by atoms with E-state index in [1.807, 2.05) is 37.3 Å². The van der Waals surface area contributed by atoms with Crippen molar-refractivity contribution in [2.75, 3.05) is 13.6 Å². The van der Waals surface area contributed by atoms with Crippen LogP contribution in [0.3, 0.4) is 0 Å². The predicted molar refractivity (Wildman–Crippen MR) is 147 cm³/mol. The van der Waals surface area contributed by atoms with Crippen LogP contribution in [-0.4, -0.2) is 42.6 Å². The Morgan fingerprint density at radius 2 is 1.83 bits per heavy atom. The Morgan fingerprint density at radius 3 is 2.49 bits per heavy atom. The molecule has 0 bridgehead atoms. The molecule has 1 N–H and O–H groups in total. The SMILES string of the molecule is C=C/C=C\C(=C)CNC(=O)c1ccccc1N=CC(CC)N(C)C(=O)c1ccc(CCCC)cc1. The van der Waals surface area contributed by atoms with E-state index in [1.165, 1.54) is 5.56 Å². The number of rotatable bonds is 13. The second-order valence-electron chi connectivity index (χ2n) is 8.42. The Hall–Kier alpha value is -3.73. The zero-order valence-corrected chi connectivity index (χ0v) is 21.2. The lowest BCUT2D eigenvalue weighted by Crippen LogP contribution is -2.37. The number of aliphatic imine (C=N–C) groups is 1. The largest absolute Gasteiger partial charge is 0.348 e. The highest BCUT2D eigenvalue weighted by atomic mass is 16.2. The molecule has 0 radical (unpaired) electrons. The number of hydrogen-bond donors (Lipinski definition) is 1. The van der Waals surface area contributed by atoms with Crippen molar-refractivity contribution in [1.29, 1.82) is 0 Å². The van der Waals surface area contributed by atoms with Crippen LogP contribution in [0.25, 0.3) is 0 Å². The van der Waals surface area contributed by atoms with E-state index >= 15 is 0 Å². The van der Waals surface area contributed by atoms with Crippen LogP contribution >= 0.6 is 0 Å². The van der Waals surface area contributed by atoms with Crippen LogP contribution in [0.1, 0.15) is 59.4 Å². The molecule has 0 saturated carbocycles. The monoisotopic (exact) mass is 471 g/mol. The van der Waals surface area contributed by atoms with Crippen LogP contribution in [0.2, 0.25) is 0 Å². The predicted octanol–water partition coefficient (Wildman–Crippen LogP) is 6.31. The van der Waals surface area contributed by atoms with Gasteiger partial charge < -0.3 is 10.2 Å². The van der Waals surface area contributed by atoms with Crippen molar-refractivity contribution in [3.8, 4) is 0 Å². The van der Waals surface area contributed by atoms with Crippen molar-refractivity contribution in [2.45, 2.75) is 45.6 Å². The highest BCUT2D eigenvalue weighted by Gasteiger charge is 2.19. The van der Waals surface area contributed by atoms with Gasteiger partial charge in [-0.3, -0.25) is 14.6 Å². The third kappa shape index (κ3) is 8.53. The number of carbonyl (C=O) groups is 2. The van der Waals surface area contributed by atoms with Gasteiger partial charge in [0.05, 0.1) is 17.3 Å². The van der Waals surface area contributed by atoms with E-state index in [-0.39, 0.29) is 17.9 Å². The fraction of sp³-hybridized carbons (Fsp3) is 0.300. The minimum Gasteiger partial charge on any atom is -0.348 e.